The summed E-state index contributed by atoms with van der Waals surface area (Å²) in [5, 5.41) is 15.1. The molecule has 3 aromatic heterocycles. The van der Waals surface area contributed by atoms with Gasteiger partial charge in [-0.15, -0.1) is 28.8 Å². The molecule has 1 fully saturated rings. The van der Waals surface area contributed by atoms with E-state index in [0.717, 1.165) is 42.5 Å². The van der Waals surface area contributed by atoms with Crippen LogP contribution >= 0.6 is 23.7 Å². The van der Waals surface area contributed by atoms with Gasteiger partial charge in [0.1, 0.15) is 10.7 Å². The number of imidazole rings is 1. The maximum atomic E-state index is 4.49. The number of rotatable bonds is 4. The molecule has 1 atom stereocenters. The highest BCUT2D eigenvalue weighted by Crippen LogP contribution is 2.26. The summed E-state index contributed by atoms with van der Waals surface area (Å²) >= 11 is 1.65. The summed E-state index contributed by atoms with van der Waals surface area (Å²) in [7, 11) is 0. The fraction of sp³-hybridized carbons (Fsp3) is 0.467. The van der Waals surface area contributed by atoms with Gasteiger partial charge in [-0.3, -0.25) is 0 Å². The SMILES string of the molecule is CC(c1nccs1)n1ccnc1-c1cn(C2CCNCC2)nn1.Cl. The second-order valence-corrected chi connectivity index (χ2v) is 6.70. The zero-order valence-corrected chi connectivity index (χ0v) is 15.0. The molecule has 1 N–H and O–H groups in total. The van der Waals surface area contributed by atoms with Crippen molar-refractivity contribution in [2.24, 2.45) is 0 Å². The first-order valence-corrected chi connectivity index (χ1v) is 8.76. The van der Waals surface area contributed by atoms with E-state index in [1.165, 1.54) is 0 Å². The largest absolute Gasteiger partial charge is 0.320 e. The van der Waals surface area contributed by atoms with E-state index in [0.29, 0.717) is 6.04 Å². The average molecular weight is 366 g/mol. The minimum Gasteiger partial charge on any atom is -0.320 e. The highest BCUT2D eigenvalue weighted by atomic mass is 35.5. The molecule has 4 rings (SSSR count). The van der Waals surface area contributed by atoms with Crippen molar-refractivity contribution in [1.82, 2.24) is 34.8 Å². The van der Waals surface area contributed by atoms with Crippen LogP contribution in [0.1, 0.15) is 36.9 Å². The summed E-state index contributed by atoms with van der Waals surface area (Å²) in [5.41, 5.74) is 0.817. The molecule has 0 bridgehead atoms. The van der Waals surface area contributed by atoms with Crippen LogP contribution < -0.4 is 5.32 Å². The van der Waals surface area contributed by atoms with Gasteiger partial charge in [-0.25, -0.2) is 14.6 Å². The van der Waals surface area contributed by atoms with E-state index in [-0.39, 0.29) is 18.4 Å². The minimum atomic E-state index is 0. The maximum absolute atomic E-state index is 4.49. The molecule has 1 aliphatic heterocycles. The Kier molecular flexibility index (Phi) is 5.27. The fourth-order valence-electron chi connectivity index (χ4n) is 3.01. The van der Waals surface area contributed by atoms with Crippen molar-refractivity contribution in [2.75, 3.05) is 13.1 Å². The Bertz CT molecular complexity index is 760. The lowest BCUT2D eigenvalue weighted by molar-refractivity contribution is 0.337. The van der Waals surface area contributed by atoms with Gasteiger partial charge in [0.2, 0.25) is 0 Å². The van der Waals surface area contributed by atoms with E-state index in [9.17, 15) is 0 Å². The third-order valence-corrected chi connectivity index (χ3v) is 5.26. The molecule has 1 aliphatic rings. The second-order valence-electron chi connectivity index (χ2n) is 5.77. The third kappa shape index (κ3) is 3.22. The van der Waals surface area contributed by atoms with Crippen LogP contribution in [-0.2, 0) is 0 Å². The van der Waals surface area contributed by atoms with Crippen molar-refractivity contribution < 1.29 is 0 Å². The van der Waals surface area contributed by atoms with E-state index < -0.39 is 0 Å². The summed E-state index contributed by atoms with van der Waals surface area (Å²) in [4.78, 5) is 8.89. The van der Waals surface area contributed by atoms with E-state index in [4.69, 9.17) is 0 Å². The van der Waals surface area contributed by atoms with Gasteiger partial charge in [-0.2, -0.15) is 0 Å². The Morgan fingerprint density at radius 3 is 2.83 bits per heavy atom. The lowest BCUT2D eigenvalue weighted by atomic mass is 10.1. The molecule has 1 unspecified atom stereocenters. The van der Waals surface area contributed by atoms with Crippen LogP contribution in [0.15, 0.2) is 30.2 Å². The second kappa shape index (κ2) is 7.42. The number of aromatic nitrogens is 6. The molecule has 0 amide bonds. The molecule has 9 heteroatoms. The molecule has 0 saturated carbocycles. The summed E-state index contributed by atoms with van der Waals surface area (Å²) in [6.45, 7) is 4.20. The van der Waals surface area contributed by atoms with Gasteiger partial charge in [-0.1, -0.05) is 5.21 Å². The topological polar surface area (TPSA) is 73.5 Å². The predicted molar refractivity (Wildman–Crippen MR) is 95.6 cm³/mol. The number of hydrogen-bond acceptors (Lipinski definition) is 6. The van der Waals surface area contributed by atoms with Crippen LogP contribution in [0, 0.1) is 0 Å². The Hall–Kier alpha value is -1.77. The molecular formula is C15H20ClN7S. The fourth-order valence-corrected chi connectivity index (χ4v) is 3.71. The Labute approximate surface area is 150 Å². The van der Waals surface area contributed by atoms with Crippen LogP contribution in [0.5, 0.6) is 0 Å². The van der Waals surface area contributed by atoms with Crippen molar-refractivity contribution in [3.8, 4) is 11.5 Å². The number of hydrogen-bond donors (Lipinski definition) is 1. The van der Waals surface area contributed by atoms with Crippen molar-refractivity contribution in [2.45, 2.75) is 31.8 Å². The number of nitrogens with zero attached hydrogens (tertiary/aromatic N) is 6. The van der Waals surface area contributed by atoms with Gasteiger partial charge in [0, 0.05) is 24.0 Å². The number of nitrogens with one attached hydrogen (secondary N) is 1. The number of thiazole rings is 1. The highest BCUT2D eigenvalue weighted by molar-refractivity contribution is 7.09. The molecule has 0 aliphatic carbocycles. The molecule has 128 valence electrons. The summed E-state index contributed by atoms with van der Waals surface area (Å²) in [6, 6.07) is 0.564. The molecule has 7 nitrogen and oxygen atoms in total. The molecule has 1 saturated heterocycles. The van der Waals surface area contributed by atoms with Gasteiger partial charge in [0.05, 0.1) is 18.3 Å². The molecule has 4 heterocycles. The highest BCUT2D eigenvalue weighted by Gasteiger charge is 2.20. The summed E-state index contributed by atoms with van der Waals surface area (Å²) in [6.07, 6.45) is 9.82. The molecule has 3 aromatic rings. The smallest absolute Gasteiger partial charge is 0.162 e. The summed E-state index contributed by atoms with van der Waals surface area (Å²) in [5.74, 6) is 0.841. The minimum absolute atomic E-state index is 0. The van der Waals surface area contributed by atoms with E-state index >= 15 is 0 Å². The van der Waals surface area contributed by atoms with Crippen molar-refractivity contribution in [1.29, 1.82) is 0 Å². The Morgan fingerprint density at radius 1 is 1.25 bits per heavy atom. The monoisotopic (exact) mass is 365 g/mol. The summed E-state index contributed by atoms with van der Waals surface area (Å²) < 4.78 is 4.10. The molecule has 0 aromatic carbocycles. The lowest BCUT2D eigenvalue weighted by Crippen LogP contribution is -2.29. The first-order chi connectivity index (χ1) is 11.3. The van der Waals surface area contributed by atoms with Gasteiger partial charge in [-0.05, 0) is 32.9 Å². The first kappa shape index (κ1) is 17.1. The van der Waals surface area contributed by atoms with Crippen molar-refractivity contribution >= 4 is 23.7 Å². The maximum Gasteiger partial charge on any atom is 0.162 e. The van der Waals surface area contributed by atoms with Crippen LogP contribution in [-0.4, -0.2) is 42.6 Å². The van der Waals surface area contributed by atoms with Crippen LogP contribution in [0.3, 0.4) is 0 Å². The quantitative estimate of drug-likeness (QED) is 0.769. The Balaban J connectivity index is 0.00000169. The zero-order valence-electron chi connectivity index (χ0n) is 13.4. The van der Waals surface area contributed by atoms with E-state index in [1.54, 1.807) is 11.3 Å². The number of piperidine rings is 1. The van der Waals surface area contributed by atoms with E-state index in [2.05, 4.69) is 37.1 Å². The predicted octanol–water partition coefficient (Wildman–Crippen LogP) is 2.55. The van der Waals surface area contributed by atoms with Crippen molar-refractivity contribution in [3.05, 3.63) is 35.2 Å². The average Bonchev–Trinajstić information content (AvgIpc) is 3.35. The van der Waals surface area contributed by atoms with Crippen LogP contribution in [0.4, 0.5) is 0 Å². The standard InChI is InChI=1S/C15H19N7S.ClH/c1-11(15-18-7-9-23-15)21-8-6-17-14(21)13-10-22(20-19-13)12-2-4-16-5-3-12;/h6-12,16H,2-5H2,1H3;1H. The van der Waals surface area contributed by atoms with Gasteiger partial charge < -0.3 is 9.88 Å². The lowest BCUT2D eigenvalue weighted by Gasteiger charge is -2.22. The van der Waals surface area contributed by atoms with Crippen LogP contribution in [0.25, 0.3) is 11.5 Å². The van der Waals surface area contributed by atoms with Gasteiger partial charge >= 0.3 is 0 Å². The van der Waals surface area contributed by atoms with Gasteiger partial charge in [0.15, 0.2) is 5.82 Å². The van der Waals surface area contributed by atoms with E-state index in [1.807, 2.05) is 34.8 Å². The molecule has 0 radical (unpaired) electrons. The first-order valence-electron chi connectivity index (χ1n) is 7.88. The Morgan fingerprint density at radius 2 is 2.08 bits per heavy atom. The molecular weight excluding hydrogens is 346 g/mol. The van der Waals surface area contributed by atoms with Crippen molar-refractivity contribution in [3.63, 3.8) is 0 Å². The van der Waals surface area contributed by atoms with Crippen LogP contribution in [0.2, 0.25) is 0 Å². The molecule has 0 spiro atoms. The normalized spacial score (nSPS) is 16.7. The van der Waals surface area contributed by atoms with Gasteiger partial charge in [0.25, 0.3) is 0 Å². The molecule has 24 heavy (non-hydrogen) atoms. The third-order valence-electron chi connectivity index (χ3n) is 4.32. The number of halogens is 1. The zero-order chi connectivity index (χ0) is 15.6.